The zero-order valence-electron chi connectivity index (χ0n) is 11.1. The maximum absolute atomic E-state index is 5.88. The Bertz CT molecular complexity index is 403. The van der Waals surface area contributed by atoms with Gasteiger partial charge in [-0.25, -0.2) is 0 Å². The number of fused-ring (bicyclic) bond motifs is 1. The monoisotopic (exact) mass is 251 g/mol. The maximum atomic E-state index is 5.88. The number of hydrogen-bond donors (Lipinski definition) is 0. The first-order valence-corrected chi connectivity index (χ1v) is 6.71. The minimum Gasteiger partial charge on any atom is -0.465 e. The molecule has 0 unspecified atom stereocenters. The molecule has 3 rings (SSSR count). The van der Waals surface area contributed by atoms with Gasteiger partial charge in [-0.05, 0) is 31.9 Å². The smallest absolute Gasteiger partial charge is 0.118 e. The summed E-state index contributed by atoms with van der Waals surface area (Å²) in [6.07, 6.45) is 2.75. The highest BCUT2D eigenvalue weighted by Crippen LogP contribution is 2.32. The van der Waals surface area contributed by atoms with Crippen LogP contribution >= 0.6 is 0 Å². The summed E-state index contributed by atoms with van der Waals surface area (Å²) in [5, 5.41) is 0. The van der Waals surface area contributed by atoms with Crippen LogP contribution in [0.25, 0.3) is 0 Å². The minimum atomic E-state index is 0.236. The first-order valence-electron chi connectivity index (χ1n) is 6.71. The average Bonchev–Trinajstić information content (AvgIpc) is 2.96. The van der Waals surface area contributed by atoms with Crippen LogP contribution < -0.4 is 0 Å². The predicted molar refractivity (Wildman–Crippen MR) is 67.4 cm³/mol. The van der Waals surface area contributed by atoms with E-state index in [4.69, 9.17) is 13.9 Å². The Morgan fingerprint density at radius 1 is 1.39 bits per heavy atom. The lowest BCUT2D eigenvalue weighted by atomic mass is 10.1. The molecule has 2 fully saturated rings. The lowest BCUT2D eigenvalue weighted by Crippen LogP contribution is -2.51. The summed E-state index contributed by atoms with van der Waals surface area (Å²) in [4.78, 5) is 2.48. The molecule has 0 N–H and O–H groups in total. The SMILES string of the molecule is CO[C@@H]1CC[C@H]2[C@H]1OCCN2Cc1ccc(C)o1. The Hall–Kier alpha value is -0.840. The van der Waals surface area contributed by atoms with Crippen molar-refractivity contribution in [3.63, 3.8) is 0 Å². The van der Waals surface area contributed by atoms with Crippen molar-refractivity contribution >= 4 is 0 Å². The largest absolute Gasteiger partial charge is 0.465 e. The van der Waals surface area contributed by atoms with Crippen molar-refractivity contribution in [2.24, 2.45) is 0 Å². The number of nitrogens with zero attached hydrogens (tertiary/aromatic N) is 1. The van der Waals surface area contributed by atoms with Gasteiger partial charge in [0.15, 0.2) is 0 Å². The van der Waals surface area contributed by atoms with Crippen LogP contribution in [-0.4, -0.2) is 43.4 Å². The van der Waals surface area contributed by atoms with E-state index in [-0.39, 0.29) is 12.2 Å². The van der Waals surface area contributed by atoms with Gasteiger partial charge in [-0.15, -0.1) is 0 Å². The summed E-state index contributed by atoms with van der Waals surface area (Å²) in [5.74, 6) is 2.03. The van der Waals surface area contributed by atoms with Crippen molar-refractivity contribution in [1.29, 1.82) is 0 Å². The number of furan rings is 1. The van der Waals surface area contributed by atoms with Gasteiger partial charge in [-0.1, -0.05) is 0 Å². The lowest BCUT2D eigenvalue weighted by molar-refractivity contribution is -0.107. The van der Waals surface area contributed by atoms with Crippen LogP contribution in [0.1, 0.15) is 24.4 Å². The molecule has 1 aliphatic carbocycles. The summed E-state index contributed by atoms with van der Waals surface area (Å²) in [5.41, 5.74) is 0. The van der Waals surface area contributed by atoms with Crippen LogP contribution in [0.3, 0.4) is 0 Å². The van der Waals surface area contributed by atoms with E-state index in [1.165, 1.54) is 0 Å². The minimum absolute atomic E-state index is 0.236. The Morgan fingerprint density at radius 2 is 2.28 bits per heavy atom. The van der Waals surface area contributed by atoms with Gasteiger partial charge in [0.1, 0.15) is 11.5 Å². The lowest BCUT2D eigenvalue weighted by Gasteiger charge is -2.38. The Labute approximate surface area is 108 Å². The van der Waals surface area contributed by atoms with Crippen LogP contribution in [0.5, 0.6) is 0 Å². The van der Waals surface area contributed by atoms with E-state index in [0.29, 0.717) is 6.04 Å². The normalized spacial score (nSPS) is 32.7. The van der Waals surface area contributed by atoms with E-state index in [0.717, 1.165) is 44.1 Å². The molecule has 3 atom stereocenters. The molecule has 2 aliphatic rings. The number of morpholine rings is 1. The Kier molecular flexibility index (Phi) is 3.41. The molecule has 0 aromatic carbocycles. The Morgan fingerprint density at radius 3 is 3.00 bits per heavy atom. The quantitative estimate of drug-likeness (QED) is 0.822. The second kappa shape index (κ2) is 5.03. The summed E-state index contributed by atoms with van der Waals surface area (Å²) in [7, 11) is 1.78. The van der Waals surface area contributed by atoms with Crippen LogP contribution in [0.4, 0.5) is 0 Å². The van der Waals surface area contributed by atoms with E-state index in [1.807, 2.05) is 13.0 Å². The van der Waals surface area contributed by atoms with Crippen molar-refractivity contribution in [3.05, 3.63) is 23.7 Å². The highest BCUT2D eigenvalue weighted by Gasteiger charge is 2.42. The van der Waals surface area contributed by atoms with Gasteiger partial charge < -0.3 is 13.9 Å². The third-order valence-electron chi connectivity index (χ3n) is 4.11. The molecule has 4 nitrogen and oxygen atoms in total. The molecule has 0 bridgehead atoms. The van der Waals surface area contributed by atoms with Crippen LogP contribution in [0, 0.1) is 6.92 Å². The van der Waals surface area contributed by atoms with Crippen LogP contribution in [0.15, 0.2) is 16.5 Å². The van der Waals surface area contributed by atoms with Gasteiger partial charge in [0.2, 0.25) is 0 Å². The third-order valence-corrected chi connectivity index (χ3v) is 4.11. The van der Waals surface area contributed by atoms with Crippen molar-refractivity contribution in [3.8, 4) is 0 Å². The van der Waals surface area contributed by atoms with Crippen LogP contribution in [0.2, 0.25) is 0 Å². The third kappa shape index (κ3) is 2.20. The maximum Gasteiger partial charge on any atom is 0.118 e. The van der Waals surface area contributed by atoms with Gasteiger partial charge in [0, 0.05) is 19.7 Å². The molecule has 1 aromatic heterocycles. The molecule has 1 saturated carbocycles. The first kappa shape index (κ1) is 12.2. The second-order valence-electron chi connectivity index (χ2n) is 5.24. The molecule has 1 saturated heterocycles. The highest BCUT2D eigenvalue weighted by molar-refractivity contribution is 5.06. The van der Waals surface area contributed by atoms with Gasteiger partial charge >= 0.3 is 0 Å². The van der Waals surface area contributed by atoms with Gasteiger partial charge in [-0.2, -0.15) is 0 Å². The highest BCUT2D eigenvalue weighted by atomic mass is 16.5. The number of rotatable bonds is 3. The molecule has 0 spiro atoms. The molecular formula is C14H21NO3. The van der Waals surface area contributed by atoms with Crippen LogP contribution in [-0.2, 0) is 16.0 Å². The van der Waals surface area contributed by atoms with E-state index < -0.39 is 0 Å². The molecule has 18 heavy (non-hydrogen) atoms. The van der Waals surface area contributed by atoms with E-state index in [9.17, 15) is 0 Å². The number of hydrogen-bond acceptors (Lipinski definition) is 4. The zero-order valence-corrected chi connectivity index (χ0v) is 11.1. The zero-order chi connectivity index (χ0) is 12.5. The standard InChI is InChI=1S/C14H21NO3/c1-10-3-4-11(18-10)9-15-7-8-17-14-12(15)5-6-13(14)16-2/h3-4,12-14H,5-9H2,1-2H3/t12-,13+,14+/m0/s1. The van der Waals surface area contributed by atoms with Gasteiger partial charge in [0.25, 0.3) is 0 Å². The molecular weight excluding hydrogens is 230 g/mol. The molecule has 4 heteroatoms. The molecule has 2 heterocycles. The van der Waals surface area contributed by atoms with Gasteiger partial charge in [-0.3, -0.25) is 4.90 Å². The van der Waals surface area contributed by atoms with Crippen molar-refractivity contribution in [1.82, 2.24) is 4.90 Å². The molecule has 100 valence electrons. The van der Waals surface area contributed by atoms with Crippen molar-refractivity contribution in [2.75, 3.05) is 20.3 Å². The van der Waals surface area contributed by atoms with E-state index >= 15 is 0 Å². The average molecular weight is 251 g/mol. The fourth-order valence-electron chi connectivity index (χ4n) is 3.21. The number of methoxy groups -OCH3 is 1. The Balaban J connectivity index is 1.69. The first-order chi connectivity index (χ1) is 8.78. The number of ether oxygens (including phenoxy) is 2. The summed E-state index contributed by atoms with van der Waals surface area (Å²) < 4.78 is 17.1. The second-order valence-corrected chi connectivity index (χ2v) is 5.24. The summed E-state index contributed by atoms with van der Waals surface area (Å²) in [6.45, 7) is 4.65. The van der Waals surface area contributed by atoms with E-state index in [2.05, 4.69) is 11.0 Å². The summed E-state index contributed by atoms with van der Waals surface area (Å²) >= 11 is 0. The topological polar surface area (TPSA) is 34.8 Å². The van der Waals surface area contributed by atoms with Gasteiger partial charge in [0.05, 0.1) is 25.4 Å². The predicted octanol–water partition coefficient (Wildman–Crippen LogP) is 1.97. The van der Waals surface area contributed by atoms with Crippen molar-refractivity contribution in [2.45, 2.75) is 44.6 Å². The molecule has 1 aromatic rings. The number of aryl methyl sites for hydroxylation is 1. The fourth-order valence-corrected chi connectivity index (χ4v) is 3.21. The van der Waals surface area contributed by atoms with E-state index in [1.54, 1.807) is 7.11 Å². The summed E-state index contributed by atoms with van der Waals surface area (Å²) in [6, 6.07) is 4.58. The molecule has 0 radical (unpaired) electrons. The fraction of sp³-hybridized carbons (Fsp3) is 0.714. The molecule has 0 amide bonds. The molecule has 1 aliphatic heterocycles. The van der Waals surface area contributed by atoms with Crippen molar-refractivity contribution < 1.29 is 13.9 Å².